The molecule has 102 valence electrons. The number of benzene rings is 1. The second-order valence-corrected chi connectivity index (χ2v) is 6.03. The summed E-state index contributed by atoms with van der Waals surface area (Å²) in [5, 5.41) is 6.36. The SMILES string of the molecule is CCCCSc1nc(C)n(-c2ccc(Cl)c(Cl)c2)n1. The summed E-state index contributed by atoms with van der Waals surface area (Å²) in [5.74, 6) is 1.89. The first-order valence-electron chi connectivity index (χ1n) is 6.13. The predicted molar refractivity (Wildman–Crippen MR) is 81.7 cm³/mol. The lowest BCUT2D eigenvalue weighted by Crippen LogP contribution is -1.99. The van der Waals surface area contributed by atoms with Crippen LogP contribution < -0.4 is 0 Å². The zero-order valence-corrected chi connectivity index (χ0v) is 13.2. The van der Waals surface area contributed by atoms with E-state index >= 15 is 0 Å². The fraction of sp³-hybridized carbons (Fsp3) is 0.385. The lowest BCUT2D eigenvalue weighted by Gasteiger charge is -2.04. The number of unbranched alkanes of at least 4 members (excludes halogenated alkanes) is 1. The second-order valence-electron chi connectivity index (χ2n) is 4.15. The molecule has 1 heterocycles. The number of halogens is 2. The molecule has 0 radical (unpaired) electrons. The van der Waals surface area contributed by atoms with Crippen molar-refractivity contribution < 1.29 is 0 Å². The summed E-state index contributed by atoms with van der Waals surface area (Å²) < 4.78 is 1.79. The highest BCUT2D eigenvalue weighted by Crippen LogP contribution is 2.25. The minimum absolute atomic E-state index is 0.522. The Hall–Kier alpha value is -0.710. The third-order valence-corrected chi connectivity index (χ3v) is 4.29. The molecule has 0 aliphatic heterocycles. The molecule has 3 nitrogen and oxygen atoms in total. The van der Waals surface area contributed by atoms with E-state index in [1.54, 1.807) is 28.6 Å². The smallest absolute Gasteiger partial charge is 0.209 e. The Morgan fingerprint density at radius 1 is 1.26 bits per heavy atom. The van der Waals surface area contributed by atoms with Crippen molar-refractivity contribution in [2.45, 2.75) is 31.8 Å². The molecule has 0 atom stereocenters. The summed E-state index contributed by atoms with van der Waals surface area (Å²) in [5.41, 5.74) is 0.877. The highest BCUT2D eigenvalue weighted by atomic mass is 35.5. The first-order valence-corrected chi connectivity index (χ1v) is 7.88. The van der Waals surface area contributed by atoms with Gasteiger partial charge in [-0.1, -0.05) is 48.3 Å². The van der Waals surface area contributed by atoms with Crippen molar-refractivity contribution in [3.05, 3.63) is 34.1 Å². The molecule has 0 saturated heterocycles. The van der Waals surface area contributed by atoms with E-state index in [2.05, 4.69) is 17.0 Å². The van der Waals surface area contributed by atoms with Crippen LogP contribution in [0.15, 0.2) is 23.4 Å². The molecular weight excluding hydrogens is 301 g/mol. The van der Waals surface area contributed by atoms with E-state index in [1.807, 2.05) is 13.0 Å². The highest BCUT2D eigenvalue weighted by molar-refractivity contribution is 7.99. The van der Waals surface area contributed by atoms with Gasteiger partial charge in [-0.15, -0.1) is 5.10 Å². The normalized spacial score (nSPS) is 10.9. The van der Waals surface area contributed by atoms with Crippen molar-refractivity contribution in [3.63, 3.8) is 0 Å². The molecule has 0 saturated carbocycles. The molecule has 1 aromatic heterocycles. The molecule has 1 aromatic carbocycles. The van der Waals surface area contributed by atoms with Crippen molar-refractivity contribution in [3.8, 4) is 5.69 Å². The van der Waals surface area contributed by atoms with Gasteiger partial charge in [0.2, 0.25) is 5.16 Å². The predicted octanol–water partition coefficient (Wildman–Crippen LogP) is 4.77. The number of hydrogen-bond donors (Lipinski definition) is 0. The van der Waals surface area contributed by atoms with Crippen LogP contribution in [0.25, 0.3) is 5.69 Å². The Bertz CT molecular complexity index is 569. The molecule has 0 unspecified atom stereocenters. The van der Waals surface area contributed by atoms with Crippen molar-refractivity contribution in [2.24, 2.45) is 0 Å². The van der Waals surface area contributed by atoms with Crippen LogP contribution in [-0.2, 0) is 0 Å². The first-order chi connectivity index (χ1) is 9.11. The quantitative estimate of drug-likeness (QED) is 0.588. The topological polar surface area (TPSA) is 30.7 Å². The summed E-state index contributed by atoms with van der Waals surface area (Å²) in [6, 6.07) is 5.45. The number of nitrogens with zero attached hydrogens (tertiary/aromatic N) is 3. The number of aryl methyl sites for hydroxylation is 1. The molecule has 0 bridgehead atoms. The molecule has 6 heteroatoms. The Morgan fingerprint density at radius 3 is 2.74 bits per heavy atom. The van der Waals surface area contributed by atoms with E-state index in [9.17, 15) is 0 Å². The minimum atomic E-state index is 0.522. The van der Waals surface area contributed by atoms with Gasteiger partial charge < -0.3 is 0 Å². The van der Waals surface area contributed by atoms with E-state index in [0.717, 1.165) is 22.4 Å². The minimum Gasteiger partial charge on any atom is -0.217 e. The molecule has 0 N–H and O–H groups in total. The van der Waals surface area contributed by atoms with Gasteiger partial charge in [-0.05, 0) is 31.5 Å². The number of rotatable bonds is 5. The van der Waals surface area contributed by atoms with Gasteiger partial charge in [0.15, 0.2) is 0 Å². The van der Waals surface area contributed by atoms with Gasteiger partial charge in [0.25, 0.3) is 0 Å². The van der Waals surface area contributed by atoms with Crippen LogP contribution in [0.5, 0.6) is 0 Å². The van der Waals surface area contributed by atoms with Crippen molar-refractivity contribution in [2.75, 3.05) is 5.75 Å². The number of hydrogen-bond acceptors (Lipinski definition) is 3. The Balaban J connectivity index is 2.22. The summed E-state index contributed by atoms with van der Waals surface area (Å²) in [7, 11) is 0. The van der Waals surface area contributed by atoms with Crippen molar-refractivity contribution >= 4 is 35.0 Å². The molecule has 0 aliphatic carbocycles. The molecule has 0 amide bonds. The standard InChI is InChI=1S/C13H15Cl2N3S/c1-3-4-7-19-13-16-9(2)18(17-13)10-5-6-11(14)12(15)8-10/h5-6,8H,3-4,7H2,1-2H3. The van der Waals surface area contributed by atoms with Gasteiger partial charge in [0, 0.05) is 5.75 Å². The van der Waals surface area contributed by atoms with Crippen LogP contribution in [0.4, 0.5) is 0 Å². The zero-order chi connectivity index (χ0) is 13.8. The number of thioether (sulfide) groups is 1. The van der Waals surface area contributed by atoms with E-state index < -0.39 is 0 Å². The third-order valence-electron chi connectivity index (χ3n) is 2.63. The van der Waals surface area contributed by atoms with E-state index in [1.165, 1.54) is 12.8 Å². The number of aromatic nitrogens is 3. The molecule has 2 aromatic rings. The average molecular weight is 316 g/mol. The lowest BCUT2D eigenvalue weighted by molar-refractivity contribution is 0.811. The van der Waals surface area contributed by atoms with Crippen LogP contribution in [0.1, 0.15) is 25.6 Å². The van der Waals surface area contributed by atoms with Crippen LogP contribution >= 0.6 is 35.0 Å². The van der Waals surface area contributed by atoms with Gasteiger partial charge >= 0.3 is 0 Å². The van der Waals surface area contributed by atoms with Crippen molar-refractivity contribution in [1.29, 1.82) is 0 Å². The summed E-state index contributed by atoms with van der Waals surface area (Å²) in [4.78, 5) is 4.45. The van der Waals surface area contributed by atoms with Gasteiger partial charge in [-0.25, -0.2) is 9.67 Å². The molecule has 19 heavy (non-hydrogen) atoms. The monoisotopic (exact) mass is 315 g/mol. The van der Waals surface area contributed by atoms with Gasteiger partial charge in [-0.2, -0.15) is 0 Å². The molecular formula is C13H15Cl2N3S. The maximum Gasteiger partial charge on any atom is 0.209 e. The molecule has 0 spiro atoms. The van der Waals surface area contributed by atoms with Crippen LogP contribution in [0.3, 0.4) is 0 Å². The molecule has 0 aliphatic rings. The second kappa shape index (κ2) is 6.64. The van der Waals surface area contributed by atoms with E-state index in [0.29, 0.717) is 10.0 Å². The largest absolute Gasteiger partial charge is 0.217 e. The first kappa shape index (κ1) is 14.7. The highest BCUT2D eigenvalue weighted by Gasteiger charge is 2.09. The van der Waals surface area contributed by atoms with Crippen LogP contribution in [-0.4, -0.2) is 20.5 Å². The van der Waals surface area contributed by atoms with Crippen LogP contribution in [0.2, 0.25) is 10.0 Å². The van der Waals surface area contributed by atoms with Crippen LogP contribution in [0, 0.1) is 6.92 Å². The summed E-state index contributed by atoms with van der Waals surface area (Å²) in [6.07, 6.45) is 2.35. The van der Waals surface area contributed by atoms with Gasteiger partial charge in [-0.3, -0.25) is 0 Å². The fourth-order valence-corrected chi connectivity index (χ4v) is 2.84. The Labute approximate surface area is 127 Å². The lowest BCUT2D eigenvalue weighted by atomic mass is 10.3. The van der Waals surface area contributed by atoms with Gasteiger partial charge in [0.05, 0.1) is 15.7 Å². The molecule has 2 rings (SSSR count). The fourth-order valence-electron chi connectivity index (χ4n) is 1.60. The zero-order valence-electron chi connectivity index (χ0n) is 10.9. The Kier molecular flexibility index (Phi) is 5.13. The Morgan fingerprint density at radius 2 is 2.05 bits per heavy atom. The maximum atomic E-state index is 6.03. The third kappa shape index (κ3) is 3.65. The summed E-state index contributed by atoms with van der Waals surface area (Å²) in [6.45, 7) is 4.10. The van der Waals surface area contributed by atoms with Crippen molar-refractivity contribution in [1.82, 2.24) is 14.8 Å². The van der Waals surface area contributed by atoms with Gasteiger partial charge in [0.1, 0.15) is 5.82 Å². The average Bonchev–Trinajstić information content (AvgIpc) is 2.74. The van der Waals surface area contributed by atoms with E-state index in [4.69, 9.17) is 23.2 Å². The summed E-state index contributed by atoms with van der Waals surface area (Å²) >= 11 is 13.6. The maximum absolute atomic E-state index is 6.03. The van der Waals surface area contributed by atoms with E-state index in [-0.39, 0.29) is 0 Å². The molecule has 0 fully saturated rings.